The standard InChI is InChI=1S/C42H85NO4/c1-3-5-7-9-11-13-15-17-19-21-23-25-27-29-31-33-38-47-41(39-43-36-34-35-42(44)45)40-46-37-32-30-28-26-24-22-20-18-16-14-12-10-8-6-4-2/h41,43H,3-40H2,1-2H3,(H,44,45). The first kappa shape index (κ1) is 46.4. The number of ether oxygens (including phenoxy) is 2. The Hall–Kier alpha value is -0.650. The molecule has 0 heterocycles. The van der Waals surface area contributed by atoms with Gasteiger partial charge in [0.25, 0.3) is 0 Å². The summed E-state index contributed by atoms with van der Waals surface area (Å²) >= 11 is 0. The molecule has 0 amide bonds. The number of hydrogen-bond donors (Lipinski definition) is 2. The fourth-order valence-corrected chi connectivity index (χ4v) is 6.48. The molecule has 1 atom stereocenters. The van der Waals surface area contributed by atoms with E-state index in [2.05, 4.69) is 19.2 Å². The van der Waals surface area contributed by atoms with Gasteiger partial charge in [0.15, 0.2) is 0 Å². The van der Waals surface area contributed by atoms with Crippen LogP contribution in [0.4, 0.5) is 0 Å². The third-order valence-electron chi connectivity index (χ3n) is 9.66. The van der Waals surface area contributed by atoms with Gasteiger partial charge in [-0.2, -0.15) is 0 Å². The molecule has 0 aromatic heterocycles. The van der Waals surface area contributed by atoms with Crippen LogP contribution in [0, 0.1) is 0 Å². The van der Waals surface area contributed by atoms with Crippen molar-refractivity contribution in [3.63, 3.8) is 0 Å². The first-order valence-corrected chi connectivity index (χ1v) is 21.3. The number of carboxylic acid groups (broad SMARTS) is 1. The molecular weight excluding hydrogens is 582 g/mol. The van der Waals surface area contributed by atoms with Crippen LogP contribution in [0.5, 0.6) is 0 Å². The van der Waals surface area contributed by atoms with Crippen molar-refractivity contribution in [2.45, 2.75) is 232 Å². The highest BCUT2D eigenvalue weighted by molar-refractivity contribution is 5.66. The fourth-order valence-electron chi connectivity index (χ4n) is 6.48. The zero-order chi connectivity index (χ0) is 34.1. The Labute approximate surface area is 294 Å². The molecule has 0 rings (SSSR count). The SMILES string of the molecule is CCCCCCCCCCCCCCCCCCOC(CNCCCC(=O)O)COCCCCCCCCCCCCCCCCC. The Morgan fingerprint density at radius 3 is 1.19 bits per heavy atom. The van der Waals surface area contributed by atoms with Gasteiger partial charge in [0.05, 0.1) is 12.7 Å². The molecule has 5 nitrogen and oxygen atoms in total. The zero-order valence-electron chi connectivity index (χ0n) is 32.1. The summed E-state index contributed by atoms with van der Waals surface area (Å²) < 4.78 is 12.2. The summed E-state index contributed by atoms with van der Waals surface area (Å²) in [7, 11) is 0. The molecule has 1 unspecified atom stereocenters. The molecule has 0 bridgehead atoms. The van der Waals surface area contributed by atoms with Crippen molar-refractivity contribution >= 4 is 5.97 Å². The third-order valence-corrected chi connectivity index (χ3v) is 9.66. The molecule has 0 aliphatic heterocycles. The molecule has 0 aliphatic carbocycles. The van der Waals surface area contributed by atoms with E-state index in [9.17, 15) is 4.79 Å². The number of unbranched alkanes of at least 4 members (excludes halogenated alkanes) is 29. The number of rotatable bonds is 42. The van der Waals surface area contributed by atoms with Gasteiger partial charge in [-0.15, -0.1) is 0 Å². The molecule has 2 N–H and O–H groups in total. The van der Waals surface area contributed by atoms with Crippen molar-refractivity contribution in [2.24, 2.45) is 0 Å². The van der Waals surface area contributed by atoms with Crippen molar-refractivity contribution in [1.29, 1.82) is 0 Å². The maximum Gasteiger partial charge on any atom is 0.303 e. The summed E-state index contributed by atoms with van der Waals surface area (Å²) in [6, 6.07) is 0. The number of nitrogens with one attached hydrogen (secondary N) is 1. The molecule has 47 heavy (non-hydrogen) atoms. The Morgan fingerprint density at radius 1 is 0.489 bits per heavy atom. The van der Waals surface area contributed by atoms with E-state index in [-0.39, 0.29) is 12.5 Å². The average molecular weight is 668 g/mol. The molecule has 0 aliphatic rings. The monoisotopic (exact) mass is 668 g/mol. The second kappa shape index (κ2) is 41.5. The van der Waals surface area contributed by atoms with Crippen LogP contribution in [-0.2, 0) is 14.3 Å². The second-order valence-corrected chi connectivity index (χ2v) is 14.5. The van der Waals surface area contributed by atoms with Crippen molar-refractivity contribution in [2.75, 3.05) is 32.9 Å². The molecule has 5 heteroatoms. The minimum Gasteiger partial charge on any atom is -0.481 e. The maximum atomic E-state index is 10.8. The predicted octanol–water partition coefficient (Wildman–Crippen LogP) is 13.0. The first-order valence-electron chi connectivity index (χ1n) is 21.3. The zero-order valence-corrected chi connectivity index (χ0v) is 32.1. The van der Waals surface area contributed by atoms with Crippen molar-refractivity contribution in [3.05, 3.63) is 0 Å². The number of aliphatic carboxylic acids is 1. The van der Waals surface area contributed by atoms with Crippen LogP contribution in [0.2, 0.25) is 0 Å². The molecule has 0 radical (unpaired) electrons. The summed E-state index contributed by atoms with van der Waals surface area (Å²) in [5.74, 6) is -0.727. The Balaban J connectivity index is 3.72. The van der Waals surface area contributed by atoms with Gasteiger partial charge in [0.1, 0.15) is 0 Å². The van der Waals surface area contributed by atoms with Crippen molar-refractivity contribution in [3.8, 4) is 0 Å². The highest BCUT2D eigenvalue weighted by Crippen LogP contribution is 2.15. The quantitative estimate of drug-likeness (QED) is 0.0634. The smallest absolute Gasteiger partial charge is 0.303 e. The van der Waals surface area contributed by atoms with Gasteiger partial charge in [-0.1, -0.05) is 200 Å². The lowest BCUT2D eigenvalue weighted by molar-refractivity contribution is -0.137. The van der Waals surface area contributed by atoms with Gasteiger partial charge in [-0.3, -0.25) is 4.79 Å². The highest BCUT2D eigenvalue weighted by atomic mass is 16.5. The van der Waals surface area contributed by atoms with Gasteiger partial charge in [0.2, 0.25) is 0 Å². The third kappa shape index (κ3) is 41.4. The molecule has 0 aromatic rings. The molecule has 282 valence electrons. The van der Waals surface area contributed by atoms with Crippen LogP contribution >= 0.6 is 0 Å². The van der Waals surface area contributed by atoms with Gasteiger partial charge in [0, 0.05) is 26.2 Å². The molecule has 0 aromatic carbocycles. The van der Waals surface area contributed by atoms with E-state index in [1.807, 2.05) is 0 Å². The lowest BCUT2D eigenvalue weighted by Crippen LogP contribution is -2.34. The minimum atomic E-state index is -0.727. The normalized spacial score (nSPS) is 12.2. The van der Waals surface area contributed by atoms with Crippen LogP contribution in [0.15, 0.2) is 0 Å². The minimum absolute atomic E-state index is 0.0486. The average Bonchev–Trinajstić information content (AvgIpc) is 3.06. The molecule has 0 fully saturated rings. The number of carboxylic acids is 1. The molecular formula is C42H85NO4. The van der Waals surface area contributed by atoms with E-state index < -0.39 is 5.97 Å². The van der Waals surface area contributed by atoms with Gasteiger partial charge in [-0.05, 0) is 25.8 Å². The van der Waals surface area contributed by atoms with E-state index in [0.717, 1.165) is 32.6 Å². The lowest BCUT2D eigenvalue weighted by Gasteiger charge is -2.19. The fraction of sp³-hybridized carbons (Fsp3) is 0.976. The molecule has 0 saturated heterocycles. The summed E-state index contributed by atoms with van der Waals surface area (Å²) in [6.07, 6.45) is 43.7. The van der Waals surface area contributed by atoms with Crippen LogP contribution in [0.25, 0.3) is 0 Å². The van der Waals surface area contributed by atoms with Crippen molar-refractivity contribution < 1.29 is 19.4 Å². The van der Waals surface area contributed by atoms with Crippen LogP contribution < -0.4 is 5.32 Å². The molecule has 0 spiro atoms. The van der Waals surface area contributed by atoms with E-state index >= 15 is 0 Å². The topological polar surface area (TPSA) is 67.8 Å². The van der Waals surface area contributed by atoms with E-state index in [0.29, 0.717) is 19.6 Å². The summed E-state index contributed by atoms with van der Waals surface area (Å²) in [5, 5.41) is 12.3. The molecule has 0 saturated carbocycles. The predicted molar refractivity (Wildman–Crippen MR) is 205 cm³/mol. The van der Waals surface area contributed by atoms with E-state index in [1.54, 1.807) is 0 Å². The second-order valence-electron chi connectivity index (χ2n) is 14.5. The van der Waals surface area contributed by atoms with Gasteiger partial charge in [-0.25, -0.2) is 0 Å². The van der Waals surface area contributed by atoms with Crippen LogP contribution in [-0.4, -0.2) is 50.1 Å². The Morgan fingerprint density at radius 2 is 0.830 bits per heavy atom. The van der Waals surface area contributed by atoms with E-state index in [4.69, 9.17) is 14.6 Å². The van der Waals surface area contributed by atoms with Crippen LogP contribution in [0.3, 0.4) is 0 Å². The summed E-state index contributed by atoms with van der Waals surface area (Å²) in [6.45, 7) is 8.27. The highest BCUT2D eigenvalue weighted by Gasteiger charge is 2.10. The van der Waals surface area contributed by atoms with Gasteiger partial charge >= 0.3 is 5.97 Å². The first-order chi connectivity index (χ1) is 23.2. The maximum absolute atomic E-state index is 10.8. The van der Waals surface area contributed by atoms with Crippen molar-refractivity contribution in [1.82, 2.24) is 5.32 Å². The van der Waals surface area contributed by atoms with E-state index in [1.165, 1.54) is 186 Å². The Kier molecular flexibility index (Phi) is 40.9. The Bertz CT molecular complexity index is 549. The van der Waals surface area contributed by atoms with Gasteiger partial charge < -0.3 is 19.9 Å². The largest absolute Gasteiger partial charge is 0.481 e. The lowest BCUT2D eigenvalue weighted by atomic mass is 10.0. The summed E-state index contributed by atoms with van der Waals surface area (Å²) in [5.41, 5.74) is 0. The van der Waals surface area contributed by atoms with Crippen LogP contribution in [0.1, 0.15) is 226 Å². The summed E-state index contributed by atoms with van der Waals surface area (Å²) in [4.78, 5) is 10.8. The number of carbonyl (C=O) groups is 1. The number of hydrogen-bond acceptors (Lipinski definition) is 4.